The lowest BCUT2D eigenvalue weighted by Crippen LogP contribution is -1.89. The minimum Gasteiger partial charge on any atom is -0.497 e. The van der Waals surface area contributed by atoms with Crippen LogP contribution in [0, 0.1) is 6.92 Å². The Balaban J connectivity index is 1.85. The Kier molecular flexibility index (Phi) is 4.56. The molecule has 3 heteroatoms. The second kappa shape index (κ2) is 6.59. The fraction of sp³-hybridized carbons (Fsp3) is 0.188. The maximum atomic E-state index is 5.27. The van der Waals surface area contributed by atoms with Crippen LogP contribution in [-0.4, -0.2) is 13.3 Å². The van der Waals surface area contributed by atoms with E-state index < -0.39 is 0 Å². The maximum Gasteiger partial charge on any atom is 0.142 e. The zero-order valence-corrected chi connectivity index (χ0v) is 11.2. The Hall–Kier alpha value is -2.29. The van der Waals surface area contributed by atoms with Crippen molar-refractivity contribution in [2.75, 3.05) is 7.11 Å². The summed E-state index contributed by atoms with van der Waals surface area (Å²) in [5.41, 5.74) is 3.30. The first-order valence-corrected chi connectivity index (χ1v) is 6.13. The predicted molar refractivity (Wildman–Crippen MR) is 76.6 cm³/mol. The quantitative estimate of drug-likeness (QED) is 0.604. The molecule has 19 heavy (non-hydrogen) atoms. The maximum absolute atomic E-state index is 5.27. The molecule has 0 atom stereocenters. The van der Waals surface area contributed by atoms with Crippen LogP contribution in [0.3, 0.4) is 0 Å². The summed E-state index contributed by atoms with van der Waals surface area (Å²) in [5.74, 6) is 0.840. The fourth-order valence-electron chi connectivity index (χ4n) is 1.68. The van der Waals surface area contributed by atoms with Gasteiger partial charge in [0.25, 0.3) is 0 Å². The van der Waals surface area contributed by atoms with Crippen LogP contribution in [0.25, 0.3) is 0 Å². The molecule has 0 saturated heterocycles. The summed E-state index contributed by atoms with van der Waals surface area (Å²) in [4.78, 5) is 5.27. The normalized spacial score (nSPS) is 10.6. The second-order valence-corrected chi connectivity index (χ2v) is 4.27. The Morgan fingerprint density at radius 3 is 2.58 bits per heavy atom. The molecular formula is C16H17NO2. The summed E-state index contributed by atoms with van der Waals surface area (Å²) in [6, 6.07) is 15.8. The van der Waals surface area contributed by atoms with Crippen molar-refractivity contribution < 1.29 is 9.57 Å². The van der Waals surface area contributed by atoms with E-state index in [1.54, 1.807) is 13.3 Å². The van der Waals surface area contributed by atoms with Crippen LogP contribution in [0.5, 0.6) is 5.75 Å². The van der Waals surface area contributed by atoms with Crippen molar-refractivity contribution in [3.63, 3.8) is 0 Å². The average Bonchev–Trinajstić information content (AvgIpc) is 2.44. The standard InChI is InChI=1S/C16H17NO2/c1-13-4-3-5-15(10-13)11-17-19-12-14-6-8-16(18-2)9-7-14/h3-11H,12H2,1-2H3. The van der Waals surface area contributed by atoms with E-state index in [4.69, 9.17) is 9.57 Å². The number of hydrogen-bond acceptors (Lipinski definition) is 3. The predicted octanol–water partition coefficient (Wildman–Crippen LogP) is 3.55. The lowest BCUT2D eigenvalue weighted by Gasteiger charge is -2.02. The zero-order valence-electron chi connectivity index (χ0n) is 11.2. The average molecular weight is 255 g/mol. The lowest BCUT2D eigenvalue weighted by atomic mass is 10.2. The van der Waals surface area contributed by atoms with Gasteiger partial charge >= 0.3 is 0 Å². The van der Waals surface area contributed by atoms with E-state index in [1.807, 2.05) is 36.4 Å². The first-order chi connectivity index (χ1) is 9.28. The third-order valence-corrected chi connectivity index (χ3v) is 2.71. The molecule has 2 rings (SSSR count). The third kappa shape index (κ3) is 4.14. The highest BCUT2D eigenvalue weighted by Gasteiger charge is 1.94. The molecule has 0 heterocycles. The van der Waals surface area contributed by atoms with Crippen LogP contribution < -0.4 is 4.74 Å². The van der Waals surface area contributed by atoms with Gasteiger partial charge in [-0.2, -0.15) is 0 Å². The van der Waals surface area contributed by atoms with Crippen LogP contribution in [0.2, 0.25) is 0 Å². The van der Waals surface area contributed by atoms with Crippen LogP contribution in [-0.2, 0) is 11.4 Å². The number of rotatable bonds is 5. The molecule has 3 nitrogen and oxygen atoms in total. The molecule has 0 N–H and O–H groups in total. The largest absolute Gasteiger partial charge is 0.497 e. The van der Waals surface area contributed by atoms with E-state index in [9.17, 15) is 0 Å². The van der Waals surface area contributed by atoms with Crippen molar-refractivity contribution in [1.82, 2.24) is 0 Å². The molecule has 0 aliphatic heterocycles. The molecule has 0 aromatic heterocycles. The summed E-state index contributed by atoms with van der Waals surface area (Å²) >= 11 is 0. The van der Waals surface area contributed by atoms with E-state index in [-0.39, 0.29) is 0 Å². The minimum absolute atomic E-state index is 0.451. The molecule has 98 valence electrons. The molecule has 0 spiro atoms. The number of hydrogen-bond donors (Lipinski definition) is 0. The molecule has 0 bridgehead atoms. The Morgan fingerprint density at radius 2 is 1.89 bits per heavy atom. The number of methoxy groups -OCH3 is 1. The van der Waals surface area contributed by atoms with Gasteiger partial charge in [-0.1, -0.05) is 47.1 Å². The van der Waals surface area contributed by atoms with Crippen LogP contribution >= 0.6 is 0 Å². The molecule has 0 aliphatic carbocycles. The number of ether oxygens (including phenoxy) is 1. The molecule has 2 aromatic carbocycles. The number of benzene rings is 2. The van der Waals surface area contributed by atoms with Crippen LogP contribution in [0.15, 0.2) is 53.7 Å². The van der Waals surface area contributed by atoms with Gasteiger partial charge in [0, 0.05) is 0 Å². The Morgan fingerprint density at radius 1 is 1.11 bits per heavy atom. The molecule has 0 aliphatic rings. The van der Waals surface area contributed by atoms with Crippen LogP contribution in [0.4, 0.5) is 0 Å². The van der Waals surface area contributed by atoms with Crippen molar-refractivity contribution >= 4 is 6.21 Å². The van der Waals surface area contributed by atoms with Gasteiger partial charge in [-0.15, -0.1) is 0 Å². The lowest BCUT2D eigenvalue weighted by molar-refractivity contribution is 0.132. The van der Waals surface area contributed by atoms with Gasteiger partial charge in [0.2, 0.25) is 0 Å². The number of aryl methyl sites for hydroxylation is 1. The summed E-state index contributed by atoms with van der Waals surface area (Å²) in [6.07, 6.45) is 1.72. The molecular weight excluding hydrogens is 238 g/mol. The van der Waals surface area contributed by atoms with Gasteiger partial charge in [-0.25, -0.2) is 0 Å². The van der Waals surface area contributed by atoms with Gasteiger partial charge in [0.15, 0.2) is 0 Å². The van der Waals surface area contributed by atoms with E-state index >= 15 is 0 Å². The van der Waals surface area contributed by atoms with Crippen molar-refractivity contribution in [3.05, 3.63) is 65.2 Å². The summed E-state index contributed by atoms with van der Waals surface area (Å²) in [6.45, 7) is 2.50. The first-order valence-electron chi connectivity index (χ1n) is 6.13. The summed E-state index contributed by atoms with van der Waals surface area (Å²) in [7, 11) is 1.65. The van der Waals surface area contributed by atoms with E-state index in [1.165, 1.54) is 5.56 Å². The minimum atomic E-state index is 0.451. The zero-order chi connectivity index (χ0) is 13.5. The molecule has 0 fully saturated rings. The fourth-order valence-corrected chi connectivity index (χ4v) is 1.68. The van der Waals surface area contributed by atoms with Crippen molar-refractivity contribution in [3.8, 4) is 5.75 Å². The van der Waals surface area contributed by atoms with Gasteiger partial charge in [0.05, 0.1) is 13.3 Å². The summed E-state index contributed by atoms with van der Waals surface area (Å²) in [5, 5.41) is 3.96. The van der Waals surface area contributed by atoms with Gasteiger partial charge in [-0.3, -0.25) is 0 Å². The Bertz CT molecular complexity index is 547. The molecule has 0 saturated carbocycles. The van der Waals surface area contributed by atoms with E-state index in [0.29, 0.717) is 6.61 Å². The molecule has 2 aromatic rings. The number of nitrogens with zero attached hydrogens (tertiary/aromatic N) is 1. The van der Waals surface area contributed by atoms with Crippen LogP contribution in [0.1, 0.15) is 16.7 Å². The van der Waals surface area contributed by atoms with E-state index in [0.717, 1.165) is 16.9 Å². The monoisotopic (exact) mass is 255 g/mol. The topological polar surface area (TPSA) is 30.8 Å². The molecule has 0 radical (unpaired) electrons. The van der Waals surface area contributed by atoms with Gasteiger partial charge in [-0.05, 0) is 30.2 Å². The van der Waals surface area contributed by atoms with Gasteiger partial charge < -0.3 is 9.57 Å². The highest BCUT2D eigenvalue weighted by Crippen LogP contribution is 2.12. The van der Waals surface area contributed by atoms with Crippen molar-refractivity contribution in [2.45, 2.75) is 13.5 Å². The summed E-state index contributed by atoms with van der Waals surface area (Å²) < 4.78 is 5.09. The van der Waals surface area contributed by atoms with E-state index in [2.05, 4.69) is 24.2 Å². The SMILES string of the molecule is COc1ccc(CON=Cc2cccc(C)c2)cc1. The second-order valence-electron chi connectivity index (χ2n) is 4.27. The smallest absolute Gasteiger partial charge is 0.142 e. The first kappa shape index (κ1) is 13.1. The molecule has 0 unspecified atom stereocenters. The highest BCUT2D eigenvalue weighted by molar-refractivity contribution is 5.79. The third-order valence-electron chi connectivity index (χ3n) is 2.71. The van der Waals surface area contributed by atoms with Gasteiger partial charge in [0.1, 0.15) is 12.4 Å². The highest BCUT2D eigenvalue weighted by atomic mass is 16.6. The Labute approximate surface area is 113 Å². The van der Waals surface area contributed by atoms with Crippen molar-refractivity contribution in [2.24, 2.45) is 5.16 Å². The number of oxime groups is 1. The van der Waals surface area contributed by atoms with Crippen molar-refractivity contribution in [1.29, 1.82) is 0 Å². The molecule has 0 amide bonds.